The molecule has 0 aromatic carbocycles. The van der Waals surface area contributed by atoms with Gasteiger partial charge in [-0.1, -0.05) is 0 Å². The van der Waals surface area contributed by atoms with E-state index in [2.05, 4.69) is 4.74 Å². The zero-order valence-corrected chi connectivity index (χ0v) is 11.4. The first-order chi connectivity index (χ1) is 10.1. The van der Waals surface area contributed by atoms with Gasteiger partial charge in [0.25, 0.3) is 5.72 Å². The van der Waals surface area contributed by atoms with Crippen molar-refractivity contribution in [3.63, 3.8) is 0 Å². The van der Waals surface area contributed by atoms with Crippen LogP contribution in [0.5, 0.6) is 0 Å². The van der Waals surface area contributed by atoms with Gasteiger partial charge in [-0.05, 0) is 6.42 Å². The second-order valence-corrected chi connectivity index (χ2v) is 5.19. The Bertz CT molecular complexity index is 474. The number of esters is 2. The Labute approximate surface area is 124 Å². The van der Waals surface area contributed by atoms with Crippen LogP contribution in [0, 0.1) is 0 Å². The molecule has 0 aromatic rings. The van der Waals surface area contributed by atoms with Gasteiger partial charge in [-0.2, -0.15) is 0 Å². The largest absolute Gasteiger partial charge is 0.431 e. The average molecular weight is 322 g/mol. The summed E-state index contributed by atoms with van der Waals surface area (Å²) in [7, 11) is 0. The third kappa shape index (κ3) is 2.56. The van der Waals surface area contributed by atoms with Crippen LogP contribution < -0.4 is 11.5 Å². The highest BCUT2D eigenvalue weighted by atomic mass is 16.9. The highest BCUT2D eigenvalue weighted by molar-refractivity contribution is 5.78. The Kier molecular flexibility index (Phi) is 4.41. The normalized spacial score (nSPS) is 46.6. The zero-order valence-electron chi connectivity index (χ0n) is 11.4. The molecule has 2 rings (SSSR count). The highest BCUT2D eigenvalue weighted by Crippen LogP contribution is 2.38. The topological polar surface area (TPSA) is 195 Å². The number of carbonyl (C=O) groups excluding carboxylic acids is 2. The number of hydrogen-bond donors (Lipinski definition) is 6. The van der Waals surface area contributed by atoms with Gasteiger partial charge >= 0.3 is 17.9 Å². The van der Waals surface area contributed by atoms with E-state index in [0.29, 0.717) is 0 Å². The lowest BCUT2D eigenvalue weighted by molar-refractivity contribution is -0.465. The maximum atomic E-state index is 11.8. The second kappa shape index (κ2) is 5.70. The molecule has 6 atom stereocenters. The molecule has 11 nitrogen and oxygen atoms in total. The van der Waals surface area contributed by atoms with Crippen LogP contribution in [0.2, 0.25) is 0 Å². The molecule has 2 heterocycles. The lowest BCUT2D eigenvalue weighted by atomic mass is 9.92. The molecule has 0 saturated carbocycles. The molecule has 0 aliphatic carbocycles. The molecule has 2 saturated heterocycles. The first kappa shape index (κ1) is 17.0. The SMILES string of the molecule is N[C@@H]1CCC(=O)O[C@]2(N)[C@@H](O)[C@H](O)[C@@H](CO)O[C@@]2(O)OC1=O. The van der Waals surface area contributed by atoms with Crippen LogP contribution in [0.15, 0.2) is 0 Å². The molecule has 8 N–H and O–H groups in total. The number of ether oxygens (including phenoxy) is 3. The fourth-order valence-corrected chi connectivity index (χ4v) is 2.23. The summed E-state index contributed by atoms with van der Waals surface area (Å²) in [5.41, 5.74) is 8.34. The van der Waals surface area contributed by atoms with Gasteiger partial charge in [-0.3, -0.25) is 15.3 Å². The van der Waals surface area contributed by atoms with Gasteiger partial charge < -0.3 is 40.4 Å². The summed E-state index contributed by atoms with van der Waals surface area (Å²) in [4.78, 5) is 23.5. The van der Waals surface area contributed by atoms with Gasteiger partial charge in [-0.15, -0.1) is 0 Å². The lowest BCUT2D eigenvalue weighted by Gasteiger charge is -2.50. The Morgan fingerprint density at radius 3 is 2.50 bits per heavy atom. The number of hydrogen-bond acceptors (Lipinski definition) is 11. The summed E-state index contributed by atoms with van der Waals surface area (Å²) in [5, 5.41) is 39.3. The molecule has 0 radical (unpaired) electrons. The molecule has 2 aliphatic rings. The van der Waals surface area contributed by atoms with Crippen molar-refractivity contribution in [3.8, 4) is 0 Å². The Balaban J connectivity index is 2.46. The summed E-state index contributed by atoms with van der Waals surface area (Å²) in [6.07, 6.45) is -5.94. The predicted octanol–water partition coefficient (Wildman–Crippen LogP) is -4.39. The molecule has 0 amide bonds. The van der Waals surface area contributed by atoms with Gasteiger partial charge in [0.1, 0.15) is 24.4 Å². The molecule has 0 unspecified atom stereocenters. The van der Waals surface area contributed by atoms with Crippen molar-refractivity contribution in [1.82, 2.24) is 0 Å². The minimum absolute atomic E-state index is 0.147. The molecule has 11 heteroatoms. The van der Waals surface area contributed by atoms with Gasteiger partial charge in [-0.25, -0.2) is 0 Å². The fraction of sp³-hybridized carbons (Fsp3) is 0.818. The van der Waals surface area contributed by atoms with Crippen LogP contribution in [0.1, 0.15) is 12.8 Å². The third-order valence-electron chi connectivity index (χ3n) is 3.61. The van der Waals surface area contributed by atoms with Crippen molar-refractivity contribution in [2.24, 2.45) is 11.5 Å². The number of rotatable bonds is 1. The smallest absolute Gasteiger partial charge is 0.387 e. The lowest BCUT2D eigenvalue weighted by Crippen LogP contribution is -2.79. The van der Waals surface area contributed by atoms with E-state index >= 15 is 0 Å². The van der Waals surface area contributed by atoms with E-state index in [-0.39, 0.29) is 12.8 Å². The molecule has 2 aliphatic heterocycles. The van der Waals surface area contributed by atoms with Crippen LogP contribution in [0.25, 0.3) is 0 Å². The standard InChI is InChI=1S/C11H18N2O9/c12-4-1-2-6(15)21-10(13)8(17)7(16)5(3-14)20-11(10,19)22-9(4)18/h4-5,7-8,14,16-17,19H,1-3,12-13H2/t4-,5-,7-,8+,10-,11-/m1/s1. The summed E-state index contributed by atoms with van der Waals surface area (Å²) in [6, 6.07) is -1.26. The van der Waals surface area contributed by atoms with E-state index < -0.39 is 54.6 Å². The van der Waals surface area contributed by atoms with Crippen LogP contribution >= 0.6 is 0 Å². The number of aliphatic hydroxyl groups excluding tert-OH is 3. The van der Waals surface area contributed by atoms with Gasteiger partial charge in [0.2, 0.25) is 0 Å². The van der Waals surface area contributed by atoms with Crippen molar-refractivity contribution in [1.29, 1.82) is 0 Å². The summed E-state index contributed by atoms with van der Waals surface area (Å²) < 4.78 is 14.3. The highest BCUT2D eigenvalue weighted by Gasteiger charge is 2.68. The molecule has 0 aromatic heterocycles. The second-order valence-electron chi connectivity index (χ2n) is 5.19. The number of nitrogens with two attached hydrogens (primary N) is 2. The van der Waals surface area contributed by atoms with Gasteiger partial charge in [0, 0.05) is 6.42 Å². The van der Waals surface area contributed by atoms with Crippen LogP contribution in [0.3, 0.4) is 0 Å². The van der Waals surface area contributed by atoms with E-state index in [0.717, 1.165) is 0 Å². The van der Waals surface area contributed by atoms with Crippen molar-refractivity contribution in [2.75, 3.05) is 6.61 Å². The van der Waals surface area contributed by atoms with E-state index in [1.807, 2.05) is 0 Å². The average Bonchev–Trinajstić information content (AvgIpc) is 2.49. The summed E-state index contributed by atoms with van der Waals surface area (Å²) in [6.45, 7) is -0.839. The van der Waals surface area contributed by atoms with Crippen molar-refractivity contribution < 1.29 is 44.2 Å². The molecular weight excluding hydrogens is 304 g/mol. The quantitative estimate of drug-likeness (QED) is 0.255. The van der Waals surface area contributed by atoms with Crippen LogP contribution in [-0.4, -0.2) is 75.0 Å². The van der Waals surface area contributed by atoms with Crippen LogP contribution in [-0.2, 0) is 23.8 Å². The molecule has 22 heavy (non-hydrogen) atoms. The summed E-state index contributed by atoms with van der Waals surface area (Å²) >= 11 is 0. The molecule has 126 valence electrons. The monoisotopic (exact) mass is 322 g/mol. The fourth-order valence-electron chi connectivity index (χ4n) is 2.23. The van der Waals surface area contributed by atoms with E-state index in [9.17, 15) is 24.9 Å². The summed E-state index contributed by atoms with van der Waals surface area (Å²) in [5.74, 6) is -5.28. The zero-order chi connectivity index (χ0) is 16.7. The van der Waals surface area contributed by atoms with Crippen molar-refractivity contribution >= 4 is 11.9 Å². The number of aliphatic hydroxyl groups is 4. The predicted molar refractivity (Wildman–Crippen MR) is 65.2 cm³/mol. The maximum Gasteiger partial charge on any atom is 0.387 e. The first-order valence-electron chi connectivity index (χ1n) is 6.51. The third-order valence-corrected chi connectivity index (χ3v) is 3.61. The Morgan fingerprint density at radius 1 is 1.27 bits per heavy atom. The van der Waals surface area contributed by atoms with E-state index in [4.69, 9.17) is 26.0 Å². The maximum absolute atomic E-state index is 11.8. The molecule has 2 fully saturated rings. The molecule has 0 spiro atoms. The Morgan fingerprint density at radius 2 is 1.91 bits per heavy atom. The minimum atomic E-state index is -3.13. The number of carbonyl (C=O) groups is 2. The van der Waals surface area contributed by atoms with Gasteiger partial charge in [0.05, 0.1) is 6.61 Å². The Hall–Kier alpha value is -1.34. The molecular formula is C11H18N2O9. The van der Waals surface area contributed by atoms with E-state index in [1.54, 1.807) is 0 Å². The number of fused-ring (bicyclic) bond motifs is 1. The van der Waals surface area contributed by atoms with Gasteiger partial charge in [0.15, 0.2) is 0 Å². The molecule has 0 bridgehead atoms. The van der Waals surface area contributed by atoms with E-state index in [1.165, 1.54) is 0 Å². The first-order valence-corrected chi connectivity index (χ1v) is 6.51. The van der Waals surface area contributed by atoms with Crippen molar-refractivity contribution in [3.05, 3.63) is 0 Å². The van der Waals surface area contributed by atoms with Crippen LogP contribution in [0.4, 0.5) is 0 Å². The minimum Gasteiger partial charge on any atom is -0.431 e. The van der Waals surface area contributed by atoms with Crippen molar-refractivity contribution in [2.45, 2.75) is 48.9 Å².